The number of rotatable bonds is 6. The molecule has 8 nitrogen and oxygen atoms in total. The van der Waals surface area contributed by atoms with Gasteiger partial charge in [0.1, 0.15) is 18.0 Å². The first-order valence-electron chi connectivity index (χ1n) is 11.6. The monoisotopic (exact) mass is 504 g/mol. The molecule has 2 aliphatic carbocycles. The van der Waals surface area contributed by atoms with Crippen molar-refractivity contribution in [3.63, 3.8) is 0 Å². The van der Waals surface area contributed by atoms with Crippen LogP contribution in [0.15, 0.2) is 0 Å². The lowest BCUT2D eigenvalue weighted by molar-refractivity contribution is -0.130. The van der Waals surface area contributed by atoms with Crippen LogP contribution in [-0.2, 0) is 19.6 Å². The Bertz CT molecular complexity index is 931. The number of carbonyl (C=O) groups is 2. The van der Waals surface area contributed by atoms with Crippen LogP contribution in [0.25, 0.3) is 0 Å². The predicted molar refractivity (Wildman–Crippen MR) is 123 cm³/mol. The highest BCUT2D eigenvalue weighted by Gasteiger charge is 2.65. The number of halogens is 2. The van der Waals surface area contributed by atoms with Gasteiger partial charge in [0.25, 0.3) is 0 Å². The molecule has 0 aromatic rings. The highest BCUT2D eigenvalue weighted by Crippen LogP contribution is 2.64. The van der Waals surface area contributed by atoms with E-state index in [1.807, 2.05) is 19.9 Å². The van der Waals surface area contributed by atoms with Gasteiger partial charge in [-0.2, -0.15) is 5.26 Å². The fourth-order valence-electron chi connectivity index (χ4n) is 6.36. The molecule has 33 heavy (non-hydrogen) atoms. The topological polar surface area (TPSA) is 111 Å². The van der Waals surface area contributed by atoms with E-state index in [0.29, 0.717) is 38.8 Å². The largest absolute Gasteiger partial charge is 0.323 e. The number of nitrogens with zero attached hydrogens (tertiary/aromatic N) is 3. The van der Waals surface area contributed by atoms with Gasteiger partial charge in [-0.05, 0) is 37.0 Å². The minimum Gasteiger partial charge on any atom is -0.323 e. The van der Waals surface area contributed by atoms with Gasteiger partial charge in [-0.15, -0.1) is 12.4 Å². The van der Waals surface area contributed by atoms with E-state index in [9.17, 15) is 22.4 Å². The fourth-order valence-corrected chi connectivity index (χ4v) is 8.61. The standard InChI is InChI=1S/C22H33FN4O4S.ClH/c1-21(2)15-3-6-22(21,19(28)9-15)14-32(30,31)26-7-4-17(5-8-26)25-12-20(29)27-13-16(23)10-18(27)11-24;/h15-18,25H,3-10,12-14H2,1-2H3;1H. The summed E-state index contributed by atoms with van der Waals surface area (Å²) in [6.45, 7) is 4.74. The molecule has 1 N–H and O–H groups in total. The predicted octanol–water partition coefficient (Wildman–Crippen LogP) is 1.65. The smallest absolute Gasteiger partial charge is 0.237 e. The van der Waals surface area contributed by atoms with Gasteiger partial charge in [-0.25, -0.2) is 17.1 Å². The van der Waals surface area contributed by atoms with E-state index in [2.05, 4.69) is 5.32 Å². The first-order valence-corrected chi connectivity index (χ1v) is 13.2. The molecule has 11 heteroatoms. The molecule has 2 saturated carbocycles. The van der Waals surface area contributed by atoms with Crippen LogP contribution in [0.2, 0.25) is 0 Å². The molecule has 4 rings (SSSR count). The number of alkyl halides is 1. The van der Waals surface area contributed by atoms with Gasteiger partial charge in [0.05, 0.1) is 24.9 Å². The molecule has 4 atom stereocenters. The fraction of sp³-hybridized carbons (Fsp3) is 0.864. The Kier molecular flexibility index (Phi) is 7.50. The van der Waals surface area contributed by atoms with Gasteiger partial charge in [0, 0.05) is 37.4 Å². The van der Waals surface area contributed by atoms with Crippen molar-refractivity contribution < 1.29 is 22.4 Å². The summed E-state index contributed by atoms with van der Waals surface area (Å²) in [6, 6.07) is 1.24. The number of sulfonamides is 1. The maximum Gasteiger partial charge on any atom is 0.237 e. The van der Waals surface area contributed by atoms with Gasteiger partial charge in [-0.1, -0.05) is 13.8 Å². The van der Waals surface area contributed by atoms with Crippen molar-refractivity contribution >= 4 is 34.1 Å². The molecular formula is C22H34ClFN4O4S. The number of amides is 1. The number of nitriles is 1. The number of hydrogen-bond acceptors (Lipinski definition) is 6. The Balaban J connectivity index is 0.00000306. The molecular weight excluding hydrogens is 471 g/mol. The van der Waals surface area contributed by atoms with Crippen molar-refractivity contribution in [3.05, 3.63) is 0 Å². The minimum absolute atomic E-state index is 0. The van der Waals surface area contributed by atoms with Gasteiger partial charge in [0.15, 0.2) is 0 Å². The van der Waals surface area contributed by atoms with Crippen LogP contribution >= 0.6 is 12.4 Å². The van der Waals surface area contributed by atoms with Gasteiger partial charge in [-0.3, -0.25) is 9.59 Å². The lowest BCUT2D eigenvalue weighted by Crippen LogP contribution is -2.51. The van der Waals surface area contributed by atoms with E-state index in [4.69, 9.17) is 5.26 Å². The number of hydrogen-bond donors (Lipinski definition) is 1. The number of carbonyl (C=O) groups excluding carboxylic acids is 2. The number of piperidine rings is 1. The molecule has 0 spiro atoms. The zero-order valence-electron chi connectivity index (χ0n) is 19.3. The van der Waals surface area contributed by atoms with Crippen LogP contribution in [0.3, 0.4) is 0 Å². The zero-order valence-corrected chi connectivity index (χ0v) is 20.9. The van der Waals surface area contributed by atoms with E-state index in [1.54, 1.807) is 0 Å². The lowest BCUT2D eigenvalue weighted by Gasteiger charge is -2.39. The van der Waals surface area contributed by atoms with Crippen molar-refractivity contribution in [2.75, 3.05) is 31.9 Å². The third-order valence-corrected chi connectivity index (χ3v) is 10.7. The first-order chi connectivity index (χ1) is 15.0. The zero-order chi connectivity index (χ0) is 23.3. The highest BCUT2D eigenvalue weighted by molar-refractivity contribution is 7.89. The molecule has 2 heterocycles. The third-order valence-electron chi connectivity index (χ3n) is 8.68. The number of Topliss-reactive ketones (excluding diaryl/α,β-unsaturated/α-hetero) is 1. The Morgan fingerprint density at radius 2 is 1.94 bits per heavy atom. The number of fused-ring (bicyclic) bond motifs is 2. The summed E-state index contributed by atoms with van der Waals surface area (Å²) in [6.07, 6.45) is 2.09. The summed E-state index contributed by atoms with van der Waals surface area (Å²) in [5, 5.41) is 12.3. The van der Waals surface area contributed by atoms with Crippen LogP contribution in [0, 0.1) is 28.1 Å². The molecule has 0 aromatic carbocycles. The maximum absolute atomic E-state index is 13.5. The Morgan fingerprint density at radius 3 is 2.48 bits per heavy atom. The van der Waals surface area contributed by atoms with Crippen molar-refractivity contribution in [1.82, 2.24) is 14.5 Å². The van der Waals surface area contributed by atoms with E-state index in [1.165, 1.54) is 9.21 Å². The molecule has 4 unspecified atom stereocenters. The molecule has 2 bridgehead atoms. The van der Waals surface area contributed by atoms with E-state index in [0.717, 1.165) is 6.42 Å². The second kappa shape index (κ2) is 9.40. The van der Waals surface area contributed by atoms with Crippen LogP contribution in [0.5, 0.6) is 0 Å². The first kappa shape index (κ1) is 26.3. The molecule has 0 aromatic heterocycles. The van der Waals surface area contributed by atoms with Crippen LogP contribution in [0.4, 0.5) is 4.39 Å². The van der Waals surface area contributed by atoms with Gasteiger partial charge in [0.2, 0.25) is 15.9 Å². The summed E-state index contributed by atoms with van der Waals surface area (Å²) in [5.74, 6) is -0.0240. The van der Waals surface area contributed by atoms with E-state index in [-0.39, 0.29) is 66.7 Å². The molecule has 1 amide bonds. The normalized spacial score (nSPS) is 34.3. The average Bonchev–Trinajstić information content (AvgIpc) is 3.30. The van der Waals surface area contributed by atoms with Crippen LogP contribution in [-0.4, -0.2) is 79.5 Å². The van der Waals surface area contributed by atoms with Crippen molar-refractivity contribution in [3.8, 4) is 6.07 Å². The third kappa shape index (κ3) is 4.54. The van der Waals surface area contributed by atoms with Crippen molar-refractivity contribution in [1.29, 1.82) is 5.26 Å². The van der Waals surface area contributed by atoms with Crippen molar-refractivity contribution in [2.45, 2.75) is 70.6 Å². The maximum atomic E-state index is 13.5. The van der Waals surface area contributed by atoms with E-state index < -0.39 is 27.7 Å². The molecule has 0 radical (unpaired) electrons. The van der Waals surface area contributed by atoms with Crippen LogP contribution in [0.1, 0.15) is 52.4 Å². The average molecular weight is 505 g/mol. The summed E-state index contributed by atoms with van der Waals surface area (Å²) in [5.41, 5.74) is -1.05. The molecule has 4 fully saturated rings. The highest BCUT2D eigenvalue weighted by atomic mass is 35.5. The Morgan fingerprint density at radius 1 is 1.27 bits per heavy atom. The molecule has 2 saturated heterocycles. The summed E-state index contributed by atoms with van der Waals surface area (Å²) in [7, 11) is -3.57. The lowest BCUT2D eigenvalue weighted by atomic mass is 9.70. The second-order valence-corrected chi connectivity index (χ2v) is 12.5. The number of likely N-dealkylation sites (tertiary alicyclic amines) is 1. The van der Waals surface area contributed by atoms with Crippen molar-refractivity contribution in [2.24, 2.45) is 16.7 Å². The summed E-state index contributed by atoms with van der Waals surface area (Å²) in [4.78, 5) is 26.4. The molecule has 2 aliphatic heterocycles. The SMILES string of the molecule is CC1(C)C2CCC1(CS(=O)(=O)N1CCC(NCC(=O)N3CC(F)CC3C#N)CC1)C(=O)C2.Cl. The quantitative estimate of drug-likeness (QED) is 0.589. The number of ketones is 1. The Hall–Kier alpha value is -1.28. The second-order valence-electron chi connectivity index (χ2n) is 10.5. The molecule has 4 aliphatic rings. The summed E-state index contributed by atoms with van der Waals surface area (Å²) < 4.78 is 41.5. The van der Waals surface area contributed by atoms with Crippen LogP contribution < -0.4 is 5.32 Å². The molecule has 186 valence electrons. The Labute approximate surface area is 201 Å². The minimum atomic E-state index is -3.57. The van der Waals surface area contributed by atoms with Gasteiger partial charge >= 0.3 is 0 Å². The van der Waals surface area contributed by atoms with E-state index >= 15 is 0 Å². The van der Waals surface area contributed by atoms with Gasteiger partial charge < -0.3 is 10.2 Å². The summed E-state index contributed by atoms with van der Waals surface area (Å²) >= 11 is 0. The number of nitrogens with one attached hydrogen (secondary N) is 1.